The Balaban J connectivity index is 2.94. The van der Waals surface area contributed by atoms with Gasteiger partial charge in [-0.3, -0.25) is 0 Å². The van der Waals surface area contributed by atoms with Crippen molar-refractivity contribution in [3.63, 3.8) is 0 Å². The lowest BCUT2D eigenvalue weighted by Gasteiger charge is -2.05. The minimum Gasteiger partial charge on any atom is -0.506 e. The van der Waals surface area contributed by atoms with Gasteiger partial charge in [0.05, 0.1) is 0 Å². The summed E-state index contributed by atoms with van der Waals surface area (Å²) >= 11 is 0. The maximum atomic E-state index is 9.66. The van der Waals surface area contributed by atoms with Crippen molar-refractivity contribution in [2.45, 2.75) is 13.8 Å². The van der Waals surface area contributed by atoms with Gasteiger partial charge in [-0.1, -0.05) is 0 Å². The number of aromatic nitrogens is 2. The number of aryl methyl sites for hydroxylation is 2. The minimum atomic E-state index is 0.150. The Morgan fingerprint density at radius 1 is 1.21 bits per heavy atom. The van der Waals surface area contributed by atoms with Crippen LogP contribution in [0, 0.1) is 13.8 Å². The second-order valence-corrected chi connectivity index (χ2v) is 3.34. The molecule has 0 saturated heterocycles. The van der Waals surface area contributed by atoms with Crippen LogP contribution in [0.3, 0.4) is 0 Å². The van der Waals surface area contributed by atoms with Crippen LogP contribution in [0.2, 0.25) is 0 Å². The van der Waals surface area contributed by atoms with Crippen LogP contribution in [0.25, 0.3) is 10.9 Å². The van der Waals surface area contributed by atoms with Gasteiger partial charge in [-0.05, 0) is 31.5 Å². The van der Waals surface area contributed by atoms with Gasteiger partial charge in [0.25, 0.3) is 0 Å². The molecule has 0 fully saturated rings. The van der Waals surface area contributed by atoms with E-state index in [4.69, 9.17) is 5.73 Å². The molecule has 0 bridgehead atoms. The highest BCUT2D eigenvalue weighted by atomic mass is 16.3. The highest BCUT2D eigenvalue weighted by Crippen LogP contribution is 2.27. The number of nitrogens with zero attached hydrogens (tertiary/aromatic N) is 2. The van der Waals surface area contributed by atoms with Crippen LogP contribution in [0.5, 0.6) is 5.75 Å². The summed E-state index contributed by atoms with van der Waals surface area (Å²) in [5.41, 5.74) is 7.19. The van der Waals surface area contributed by atoms with E-state index in [-0.39, 0.29) is 5.75 Å². The molecule has 72 valence electrons. The van der Waals surface area contributed by atoms with Gasteiger partial charge in [-0.15, -0.1) is 0 Å². The number of fused-ring (bicyclic) bond motifs is 1. The first-order valence-corrected chi connectivity index (χ1v) is 4.31. The van der Waals surface area contributed by atoms with Crippen molar-refractivity contribution in [3.05, 3.63) is 23.5 Å². The van der Waals surface area contributed by atoms with E-state index in [2.05, 4.69) is 9.97 Å². The van der Waals surface area contributed by atoms with Gasteiger partial charge in [0.2, 0.25) is 0 Å². The molecule has 4 nitrogen and oxygen atoms in total. The largest absolute Gasteiger partial charge is 0.506 e. The van der Waals surface area contributed by atoms with Gasteiger partial charge < -0.3 is 10.8 Å². The molecule has 0 aliphatic rings. The molecule has 0 radical (unpaired) electrons. The average Bonchev–Trinajstić information content (AvgIpc) is 2.07. The molecule has 0 saturated carbocycles. The van der Waals surface area contributed by atoms with E-state index in [9.17, 15) is 5.11 Å². The van der Waals surface area contributed by atoms with E-state index in [1.165, 1.54) is 0 Å². The van der Waals surface area contributed by atoms with Gasteiger partial charge in [0, 0.05) is 5.39 Å². The predicted molar refractivity (Wildman–Crippen MR) is 55.1 cm³/mol. The summed E-state index contributed by atoms with van der Waals surface area (Å²) in [6.45, 7) is 3.63. The van der Waals surface area contributed by atoms with E-state index in [1.54, 1.807) is 13.0 Å². The van der Waals surface area contributed by atoms with E-state index in [1.807, 2.05) is 13.0 Å². The number of benzene rings is 1. The predicted octanol–water partition coefficient (Wildman–Crippen LogP) is 1.53. The Bertz CT molecular complexity index is 461. The molecule has 0 unspecified atom stereocenters. The molecule has 0 aliphatic heterocycles. The molecule has 0 amide bonds. The molecule has 0 atom stereocenters. The molecule has 14 heavy (non-hydrogen) atoms. The molecule has 0 aliphatic carbocycles. The van der Waals surface area contributed by atoms with E-state index < -0.39 is 0 Å². The van der Waals surface area contributed by atoms with Crippen molar-refractivity contribution in [3.8, 4) is 5.75 Å². The van der Waals surface area contributed by atoms with Gasteiger partial charge in [-0.25, -0.2) is 9.97 Å². The van der Waals surface area contributed by atoms with Crippen LogP contribution < -0.4 is 5.73 Å². The molecular formula is C10H11N3O. The fourth-order valence-corrected chi connectivity index (χ4v) is 1.49. The molecule has 2 aromatic rings. The summed E-state index contributed by atoms with van der Waals surface area (Å²) in [6.07, 6.45) is 0. The highest BCUT2D eigenvalue weighted by molar-refractivity contribution is 5.92. The van der Waals surface area contributed by atoms with Crippen molar-refractivity contribution in [2.75, 3.05) is 5.73 Å². The number of hydrogen-bond acceptors (Lipinski definition) is 4. The lowest BCUT2D eigenvalue weighted by molar-refractivity contribution is 0.480. The van der Waals surface area contributed by atoms with Gasteiger partial charge in [-0.2, -0.15) is 0 Å². The first kappa shape index (κ1) is 8.74. The van der Waals surface area contributed by atoms with Crippen LogP contribution in [0.1, 0.15) is 11.4 Å². The number of phenols is 1. The lowest BCUT2D eigenvalue weighted by atomic mass is 10.1. The second kappa shape index (κ2) is 2.83. The summed E-state index contributed by atoms with van der Waals surface area (Å²) in [5, 5.41) is 10.4. The van der Waals surface area contributed by atoms with Gasteiger partial charge >= 0.3 is 0 Å². The number of aromatic hydroxyl groups is 1. The smallest absolute Gasteiger partial charge is 0.142 e. The van der Waals surface area contributed by atoms with Crippen LogP contribution >= 0.6 is 0 Å². The zero-order valence-electron chi connectivity index (χ0n) is 8.07. The van der Waals surface area contributed by atoms with Crippen molar-refractivity contribution >= 4 is 16.7 Å². The molecule has 4 heteroatoms. The minimum absolute atomic E-state index is 0.150. The Morgan fingerprint density at radius 2 is 1.93 bits per heavy atom. The topological polar surface area (TPSA) is 72.0 Å². The number of nitrogen functional groups attached to an aromatic ring is 1. The summed E-state index contributed by atoms with van der Waals surface area (Å²) < 4.78 is 0. The fourth-order valence-electron chi connectivity index (χ4n) is 1.49. The SMILES string of the molecule is Cc1cc(O)c2nc(C)nc(N)c2c1. The van der Waals surface area contributed by atoms with Crippen molar-refractivity contribution < 1.29 is 5.11 Å². The quantitative estimate of drug-likeness (QED) is 0.659. The third-order valence-electron chi connectivity index (χ3n) is 2.07. The van der Waals surface area contributed by atoms with Gasteiger partial charge in [0.1, 0.15) is 22.9 Å². The Hall–Kier alpha value is -1.84. The van der Waals surface area contributed by atoms with Crippen molar-refractivity contribution in [1.29, 1.82) is 0 Å². The van der Waals surface area contributed by atoms with E-state index >= 15 is 0 Å². The zero-order chi connectivity index (χ0) is 10.3. The summed E-state index contributed by atoms with van der Waals surface area (Å²) in [7, 11) is 0. The Morgan fingerprint density at radius 3 is 2.64 bits per heavy atom. The van der Waals surface area contributed by atoms with Crippen LogP contribution in [-0.2, 0) is 0 Å². The summed E-state index contributed by atoms with van der Waals surface area (Å²) in [6, 6.07) is 3.53. The molecule has 1 aromatic carbocycles. The number of phenolic OH excluding ortho intramolecular Hbond substituents is 1. The molecular weight excluding hydrogens is 178 g/mol. The number of anilines is 1. The molecule has 1 heterocycles. The maximum Gasteiger partial charge on any atom is 0.142 e. The average molecular weight is 189 g/mol. The number of rotatable bonds is 0. The molecule has 2 rings (SSSR count). The van der Waals surface area contributed by atoms with E-state index in [0.717, 1.165) is 5.56 Å². The summed E-state index contributed by atoms with van der Waals surface area (Å²) in [5.74, 6) is 1.12. The van der Waals surface area contributed by atoms with Crippen LogP contribution in [-0.4, -0.2) is 15.1 Å². The van der Waals surface area contributed by atoms with Gasteiger partial charge in [0.15, 0.2) is 0 Å². The second-order valence-electron chi connectivity index (χ2n) is 3.34. The third kappa shape index (κ3) is 1.25. The first-order chi connectivity index (χ1) is 6.58. The standard InChI is InChI=1S/C10H11N3O/c1-5-3-7-9(8(14)4-5)12-6(2)13-10(7)11/h3-4,14H,1-2H3,(H2,11,12,13). The van der Waals surface area contributed by atoms with Crippen molar-refractivity contribution in [2.24, 2.45) is 0 Å². The normalized spacial score (nSPS) is 10.7. The maximum absolute atomic E-state index is 9.66. The highest BCUT2D eigenvalue weighted by Gasteiger charge is 2.07. The number of hydrogen-bond donors (Lipinski definition) is 2. The number of nitrogens with two attached hydrogens (primary N) is 1. The molecule has 3 N–H and O–H groups in total. The van der Waals surface area contributed by atoms with Crippen LogP contribution in [0.4, 0.5) is 5.82 Å². The third-order valence-corrected chi connectivity index (χ3v) is 2.07. The Kier molecular flexibility index (Phi) is 1.77. The monoisotopic (exact) mass is 189 g/mol. The molecule has 0 spiro atoms. The Labute approximate surface area is 81.4 Å². The van der Waals surface area contributed by atoms with Crippen LogP contribution in [0.15, 0.2) is 12.1 Å². The van der Waals surface area contributed by atoms with E-state index in [0.29, 0.717) is 22.5 Å². The lowest BCUT2D eigenvalue weighted by Crippen LogP contribution is -1.97. The zero-order valence-corrected chi connectivity index (χ0v) is 8.07. The fraction of sp³-hybridized carbons (Fsp3) is 0.200. The summed E-state index contributed by atoms with van der Waals surface area (Å²) in [4.78, 5) is 8.18. The molecule has 1 aromatic heterocycles. The van der Waals surface area contributed by atoms with Crippen molar-refractivity contribution in [1.82, 2.24) is 9.97 Å². The first-order valence-electron chi connectivity index (χ1n) is 4.31.